The molecule has 0 bridgehead atoms. The minimum atomic E-state index is 1.25. The molecule has 0 saturated carbocycles. The Balaban J connectivity index is 0.000000187. The van der Waals surface area contributed by atoms with Crippen molar-refractivity contribution in [2.45, 2.75) is 0 Å². The van der Waals surface area contributed by atoms with Crippen LogP contribution in [0.15, 0.2) is 30.6 Å². The van der Waals surface area contributed by atoms with Crippen molar-refractivity contribution < 1.29 is 9.31 Å². The van der Waals surface area contributed by atoms with Gasteiger partial charge in [0.15, 0.2) is 0 Å². The Morgan fingerprint density at radius 1 is 1.00 bits per heavy atom. The van der Waals surface area contributed by atoms with E-state index >= 15 is 0 Å². The standard InChI is InChI=1S/C5H5N.C2H6BO2/c1-2-4-6-5-3-1;1-4-3-5-2/h1-5H;1-2H3. The molecule has 0 atom stereocenters. The van der Waals surface area contributed by atoms with Crippen LogP contribution in [0.5, 0.6) is 0 Å². The summed E-state index contributed by atoms with van der Waals surface area (Å²) < 4.78 is 8.69. The normalized spacial score (nSPS) is 7.82. The molecule has 1 heterocycles. The third kappa shape index (κ3) is 9.13. The first-order valence-corrected chi connectivity index (χ1v) is 3.14. The molecule has 0 aromatic carbocycles. The molecule has 0 fully saturated rings. The molecule has 0 aliphatic heterocycles. The van der Waals surface area contributed by atoms with Gasteiger partial charge in [0.1, 0.15) is 0 Å². The molecule has 1 aromatic rings. The van der Waals surface area contributed by atoms with E-state index in [0.29, 0.717) is 0 Å². The summed E-state index contributed by atoms with van der Waals surface area (Å²) in [5.74, 6) is 0. The second kappa shape index (κ2) is 9.13. The van der Waals surface area contributed by atoms with Gasteiger partial charge in [0.2, 0.25) is 0 Å². The molecular weight excluding hydrogens is 141 g/mol. The van der Waals surface area contributed by atoms with Crippen LogP contribution in [0.2, 0.25) is 0 Å². The quantitative estimate of drug-likeness (QED) is 0.589. The molecule has 0 N–H and O–H groups in total. The maximum Gasteiger partial charge on any atom is 0.487 e. The monoisotopic (exact) mass is 152 g/mol. The van der Waals surface area contributed by atoms with Gasteiger partial charge in [0, 0.05) is 26.6 Å². The van der Waals surface area contributed by atoms with Crippen molar-refractivity contribution in [3.8, 4) is 0 Å². The SMILES string of the molecule is CO[B]OC.c1ccncc1. The highest BCUT2D eigenvalue weighted by atomic mass is 16.6. The lowest BCUT2D eigenvalue weighted by Gasteiger charge is -1.82. The Bertz CT molecular complexity index is 120. The van der Waals surface area contributed by atoms with Crippen molar-refractivity contribution in [1.82, 2.24) is 4.98 Å². The fourth-order valence-electron chi connectivity index (χ4n) is 0.409. The fourth-order valence-corrected chi connectivity index (χ4v) is 0.409. The van der Waals surface area contributed by atoms with E-state index in [1.807, 2.05) is 18.2 Å². The maximum atomic E-state index is 4.34. The molecule has 59 valence electrons. The van der Waals surface area contributed by atoms with Gasteiger partial charge in [-0.15, -0.1) is 0 Å². The second-order valence-electron chi connectivity index (χ2n) is 1.59. The summed E-state index contributed by atoms with van der Waals surface area (Å²) in [7, 11) is 4.31. The zero-order valence-electron chi connectivity index (χ0n) is 6.73. The Labute approximate surface area is 67.7 Å². The van der Waals surface area contributed by atoms with Gasteiger partial charge in [-0.2, -0.15) is 0 Å². The van der Waals surface area contributed by atoms with Crippen LogP contribution in [0.4, 0.5) is 0 Å². The van der Waals surface area contributed by atoms with E-state index in [0.717, 1.165) is 0 Å². The van der Waals surface area contributed by atoms with Crippen LogP contribution >= 0.6 is 0 Å². The molecule has 1 aromatic heterocycles. The fraction of sp³-hybridized carbons (Fsp3) is 0.286. The van der Waals surface area contributed by atoms with Gasteiger partial charge < -0.3 is 9.31 Å². The van der Waals surface area contributed by atoms with Crippen LogP contribution in [0.1, 0.15) is 0 Å². The molecule has 11 heavy (non-hydrogen) atoms. The molecule has 3 nitrogen and oxygen atoms in total. The Morgan fingerprint density at radius 2 is 1.55 bits per heavy atom. The van der Waals surface area contributed by atoms with Gasteiger partial charge in [-0.3, -0.25) is 4.98 Å². The van der Waals surface area contributed by atoms with E-state index in [1.165, 1.54) is 21.9 Å². The Morgan fingerprint density at radius 3 is 1.64 bits per heavy atom. The number of rotatable bonds is 2. The lowest BCUT2D eigenvalue weighted by molar-refractivity contribution is 0.309. The van der Waals surface area contributed by atoms with Crippen molar-refractivity contribution in [2.24, 2.45) is 0 Å². The van der Waals surface area contributed by atoms with E-state index in [4.69, 9.17) is 0 Å². The first-order chi connectivity index (χ1) is 5.41. The van der Waals surface area contributed by atoms with Crippen molar-refractivity contribution in [3.05, 3.63) is 30.6 Å². The third-order valence-electron chi connectivity index (χ3n) is 0.759. The van der Waals surface area contributed by atoms with Crippen LogP contribution in [0.3, 0.4) is 0 Å². The van der Waals surface area contributed by atoms with Crippen LogP contribution in [-0.2, 0) is 9.31 Å². The van der Waals surface area contributed by atoms with Crippen molar-refractivity contribution in [2.75, 3.05) is 14.2 Å². The van der Waals surface area contributed by atoms with Gasteiger partial charge in [0.05, 0.1) is 0 Å². The summed E-state index contributed by atoms with van der Waals surface area (Å²) in [5.41, 5.74) is 0. The van der Waals surface area contributed by atoms with Crippen LogP contribution < -0.4 is 0 Å². The van der Waals surface area contributed by atoms with E-state index in [-0.39, 0.29) is 0 Å². The van der Waals surface area contributed by atoms with Gasteiger partial charge in [-0.25, -0.2) is 0 Å². The Kier molecular flexibility index (Phi) is 8.42. The van der Waals surface area contributed by atoms with Crippen LogP contribution in [0.25, 0.3) is 0 Å². The van der Waals surface area contributed by atoms with Gasteiger partial charge >= 0.3 is 7.69 Å². The van der Waals surface area contributed by atoms with E-state index in [9.17, 15) is 0 Å². The Hall–Kier alpha value is -0.865. The maximum absolute atomic E-state index is 4.34. The van der Waals surface area contributed by atoms with Gasteiger partial charge in [0.25, 0.3) is 0 Å². The summed E-state index contributed by atoms with van der Waals surface area (Å²) in [6.07, 6.45) is 3.50. The highest BCUT2D eigenvalue weighted by Gasteiger charge is 1.75. The molecule has 1 radical (unpaired) electrons. The smallest absolute Gasteiger partial charge is 0.416 e. The molecule has 0 amide bonds. The first-order valence-electron chi connectivity index (χ1n) is 3.14. The zero-order valence-corrected chi connectivity index (χ0v) is 6.73. The number of pyridine rings is 1. The average molecular weight is 152 g/mol. The molecule has 4 heteroatoms. The molecule has 0 aliphatic carbocycles. The highest BCUT2D eigenvalue weighted by molar-refractivity contribution is 6.17. The van der Waals surface area contributed by atoms with E-state index in [1.54, 1.807) is 12.4 Å². The largest absolute Gasteiger partial charge is 0.487 e. The minimum Gasteiger partial charge on any atom is -0.416 e. The molecule has 0 spiro atoms. The topological polar surface area (TPSA) is 31.4 Å². The van der Waals surface area contributed by atoms with Crippen molar-refractivity contribution in [1.29, 1.82) is 0 Å². The molecular formula is C7H11BNO2. The predicted octanol–water partition coefficient (Wildman–Crippen LogP) is 0.895. The molecule has 0 unspecified atom stereocenters. The molecule has 1 rings (SSSR count). The number of hydrogen-bond acceptors (Lipinski definition) is 3. The minimum absolute atomic E-state index is 1.25. The molecule has 0 saturated heterocycles. The summed E-state index contributed by atoms with van der Waals surface area (Å²) in [5, 5.41) is 0. The van der Waals surface area contributed by atoms with Crippen LogP contribution in [-0.4, -0.2) is 26.9 Å². The average Bonchev–Trinajstić information content (AvgIpc) is 2.10. The second-order valence-corrected chi connectivity index (χ2v) is 1.59. The summed E-state index contributed by atoms with van der Waals surface area (Å²) in [6, 6.07) is 5.72. The van der Waals surface area contributed by atoms with Crippen molar-refractivity contribution >= 4 is 7.69 Å². The number of nitrogens with zero attached hydrogens (tertiary/aromatic N) is 1. The first kappa shape index (κ1) is 10.1. The van der Waals surface area contributed by atoms with Gasteiger partial charge in [-0.1, -0.05) is 6.07 Å². The molecule has 0 aliphatic rings. The van der Waals surface area contributed by atoms with Crippen molar-refractivity contribution in [3.63, 3.8) is 0 Å². The summed E-state index contributed by atoms with van der Waals surface area (Å²) in [6.45, 7) is 0. The zero-order chi connectivity index (χ0) is 8.36. The van der Waals surface area contributed by atoms with E-state index in [2.05, 4.69) is 14.3 Å². The third-order valence-corrected chi connectivity index (χ3v) is 0.759. The lowest BCUT2D eigenvalue weighted by atomic mass is 10.4. The predicted molar refractivity (Wildman–Crippen MR) is 44.0 cm³/mol. The highest BCUT2D eigenvalue weighted by Crippen LogP contribution is 1.73. The van der Waals surface area contributed by atoms with Crippen LogP contribution in [0, 0.1) is 0 Å². The van der Waals surface area contributed by atoms with Gasteiger partial charge in [-0.05, 0) is 12.1 Å². The number of hydrogen-bond donors (Lipinski definition) is 0. The van der Waals surface area contributed by atoms with E-state index < -0.39 is 0 Å². The lowest BCUT2D eigenvalue weighted by Crippen LogP contribution is -1.93. The summed E-state index contributed by atoms with van der Waals surface area (Å²) >= 11 is 0. The number of aromatic nitrogens is 1. The summed E-state index contributed by atoms with van der Waals surface area (Å²) in [4.78, 5) is 3.78.